The van der Waals surface area contributed by atoms with Crippen LogP contribution < -0.4 is 0 Å². The Morgan fingerprint density at radius 3 is 1.78 bits per heavy atom. The first-order valence-corrected chi connectivity index (χ1v) is 9.08. The molecule has 3 aromatic rings. The second-order valence-corrected chi connectivity index (χ2v) is 6.60. The van der Waals surface area contributed by atoms with Crippen LogP contribution in [0.25, 0.3) is 5.57 Å². The molecule has 0 bridgehead atoms. The second kappa shape index (κ2) is 6.69. The van der Waals surface area contributed by atoms with Gasteiger partial charge >= 0.3 is 0 Å². The smallest absolute Gasteiger partial charge is 0.219 e. The van der Waals surface area contributed by atoms with Crippen LogP contribution in [0.2, 0.25) is 0 Å². The summed E-state index contributed by atoms with van der Waals surface area (Å²) in [6.45, 7) is 0. The van der Waals surface area contributed by atoms with E-state index in [0.29, 0.717) is 5.90 Å². The van der Waals surface area contributed by atoms with Crippen LogP contribution in [0.3, 0.4) is 0 Å². The first kappa shape index (κ1) is 15.8. The summed E-state index contributed by atoms with van der Waals surface area (Å²) >= 11 is 0. The third-order valence-corrected chi connectivity index (χ3v) is 4.83. The molecule has 3 nitrogen and oxygen atoms in total. The molecule has 0 radical (unpaired) electrons. The first-order chi connectivity index (χ1) is 13.4. The van der Waals surface area contributed by atoms with Gasteiger partial charge in [-0.25, -0.2) is 9.98 Å². The van der Waals surface area contributed by atoms with Gasteiger partial charge in [0.1, 0.15) is 6.04 Å². The molecule has 3 heteroatoms. The van der Waals surface area contributed by atoms with Gasteiger partial charge in [-0.1, -0.05) is 78.9 Å². The molecule has 0 spiro atoms. The summed E-state index contributed by atoms with van der Waals surface area (Å²) < 4.78 is 6.18. The second-order valence-electron chi connectivity index (χ2n) is 6.60. The molecule has 0 saturated heterocycles. The number of hydrogen-bond acceptors (Lipinski definition) is 3. The fourth-order valence-corrected chi connectivity index (χ4v) is 3.50. The minimum atomic E-state index is -0.337. The quantitative estimate of drug-likeness (QED) is 0.671. The number of dihydropyridines is 1. The molecule has 5 rings (SSSR count). The highest BCUT2D eigenvalue weighted by Crippen LogP contribution is 2.34. The lowest BCUT2D eigenvalue weighted by molar-refractivity contribution is 0.218. The van der Waals surface area contributed by atoms with Gasteiger partial charge in [-0.2, -0.15) is 0 Å². The highest BCUT2D eigenvalue weighted by Gasteiger charge is 2.37. The number of allylic oxidation sites excluding steroid dienone is 1. The van der Waals surface area contributed by atoms with Gasteiger partial charge in [-0.3, -0.25) is 0 Å². The molecule has 130 valence electrons. The molecular weight excluding hydrogens is 332 g/mol. The Balaban J connectivity index is 1.60. The SMILES string of the molecule is C1=C(c2ccccc2)[C@@H]2N=C(c3ccccc3)O[C@H]2N=C1c1ccccc1. The lowest BCUT2D eigenvalue weighted by atomic mass is 9.92. The Hall–Kier alpha value is -3.46. The van der Waals surface area contributed by atoms with Gasteiger partial charge in [0.05, 0.1) is 5.71 Å². The fourth-order valence-electron chi connectivity index (χ4n) is 3.50. The molecule has 0 N–H and O–H groups in total. The van der Waals surface area contributed by atoms with E-state index in [9.17, 15) is 0 Å². The van der Waals surface area contributed by atoms with Gasteiger partial charge in [0, 0.05) is 5.56 Å². The Bertz CT molecular complexity index is 1040. The van der Waals surface area contributed by atoms with Gasteiger partial charge in [0.2, 0.25) is 12.1 Å². The molecule has 0 aliphatic carbocycles. The molecule has 0 unspecified atom stereocenters. The Kier molecular flexibility index (Phi) is 3.91. The maximum atomic E-state index is 6.18. The van der Waals surface area contributed by atoms with Gasteiger partial charge in [-0.05, 0) is 34.9 Å². The highest BCUT2D eigenvalue weighted by atomic mass is 16.5. The summed E-state index contributed by atoms with van der Waals surface area (Å²) in [7, 11) is 0. The van der Waals surface area contributed by atoms with E-state index in [1.54, 1.807) is 0 Å². The van der Waals surface area contributed by atoms with E-state index in [1.807, 2.05) is 54.6 Å². The topological polar surface area (TPSA) is 34.0 Å². The van der Waals surface area contributed by atoms with Gasteiger partial charge in [0.15, 0.2) is 0 Å². The molecule has 0 aromatic heterocycles. The van der Waals surface area contributed by atoms with Crippen molar-refractivity contribution in [1.82, 2.24) is 0 Å². The Morgan fingerprint density at radius 1 is 0.593 bits per heavy atom. The minimum Gasteiger partial charge on any atom is -0.449 e. The van der Waals surface area contributed by atoms with Crippen molar-refractivity contribution in [1.29, 1.82) is 0 Å². The van der Waals surface area contributed by atoms with Crippen molar-refractivity contribution < 1.29 is 4.74 Å². The van der Waals surface area contributed by atoms with Crippen LogP contribution in [0.1, 0.15) is 16.7 Å². The van der Waals surface area contributed by atoms with Crippen LogP contribution in [0, 0.1) is 0 Å². The zero-order chi connectivity index (χ0) is 18.1. The predicted molar refractivity (Wildman–Crippen MR) is 109 cm³/mol. The molecule has 0 saturated carbocycles. The van der Waals surface area contributed by atoms with E-state index < -0.39 is 0 Å². The highest BCUT2D eigenvalue weighted by molar-refractivity contribution is 6.14. The van der Waals surface area contributed by atoms with E-state index in [-0.39, 0.29) is 12.3 Å². The maximum absolute atomic E-state index is 6.18. The molecule has 2 aliphatic rings. The van der Waals surface area contributed by atoms with Crippen molar-refractivity contribution in [3.63, 3.8) is 0 Å². The van der Waals surface area contributed by atoms with Gasteiger partial charge in [0.25, 0.3) is 0 Å². The summed E-state index contributed by atoms with van der Waals surface area (Å²) in [5, 5.41) is 0. The number of nitrogens with zero attached hydrogens (tertiary/aromatic N) is 2. The van der Waals surface area contributed by atoms with Crippen LogP contribution in [0.15, 0.2) is 107 Å². The lowest BCUT2D eigenvalue weighted by Gasteiger charge is -2.23. The molecule has 2 aliphatic heterocycles. The number of benzene rings is 3. The molecule has 0 fully saturated rings. The molecule has 2 heterocycles. The lowest BCUT2D eigenvalue weighted by Crippen LogP contribution is -2.27. The zero-order valence-corrected chi connectivity index (χ0v) is 14.7. The van der Waals surface area contributed by atoms with E-state index in [2.05, 4.69) is 42.5 Å². The van der Waals surface area contributed by atoms with Crippen molar-refractivity contribution in [2.45, 2.75) is 12.3 Å². The zero-order valence-electron chi connectivity index (χ0n) is 14.7. The third-order valence-electron chi connectivity index (χ3n) is 4.83. The molecule has 3 aromatic carbocycles. The molecule has 0 amide bonds. The Morgan fingerprint density at radius 2 is 1.15 bits per heavy atom. The Labute approximate surface area is 158 Å². The van der Waals surface area contributed by atoms with Crippen molar-refractivity contribution in [2.75, 3.05) is 0 Å². The van der Waals surface area contributed by atoms with Crippen molar-refractivity contribution in [3.8, 4) is 0 Å². The summed E-state index contributed by atoms with van der Waals surface area (Å²) in [5.41, 5.74) is 5.29. The van der Waals surface area contributed by atoms with Crippen molar-refractivity contribution in [3.05, 3.63) is 114 Å². The van der Waals surface area contributed by atoms with E-state index >= 15 is 0 Å². The van der Waals surface area contributed by atoms with Crippen molar-refractivity contribution >= 4 is 17.2 Å². The van der Waals surface area contributed by atoms with E-state index in [0.717, 1.165) is 28.0 Å². The van der Waals surface area contributed by atoms with Crippen molar-refractivity contribution in [2.24, 2.45) is 9.98 Å². The summed E-state index contributed by atoms with van der Waals surface area (Å²) in [4.78, 5) is 9.75. The number of ether oxygens (including phenoxy) is 1. The van der Waals surface area contributed by atoms with E-state index in [4.69, 9.17) is 14.7 Å². The monoisotopic (exact) mass is 350 g/mol. The number of fused-ring (bicyclic) bond motifs is 1. The number of rotatable bonds is 3. The maximum Gasteiger partial charge on any atom is 0.219 e. The van der Waals surface area contributed by atoms with Crippen LogP contribution in [0.4, 0.5) is 0 Å². The number of hydrogen-bond donors (Lipinski definition) is 0. The summed E-state index contributed by atoms with van der Waals surface area (Å²) in [6, 6.07) is 30.5. The predicted octanol–water partition coefficient (Wildman–Crippen LogP) is 4.74. The third kappa shape index (κ3) is 2.97. The minimum absolute atomic E-state index is 0.130. The standard InChI is InChI=1S/C24H18N2O/c1-4-10-17(11-5-1)20-16-21(18-12-6-2-7-13-18)25-24-22(20)26-23(27-24)19-14-8-3-9-15-19/h1-16,22,24H/t22-,24+/m0/s1. The van der Waals surface area contributed by atoms with Gasteiger partial charge in [-0.15, -0.1) is 0 Å². The first-order valence-electron chi connectivity index (χ1n) is 9.08. The summed E-state index contributed by atoms with van der Waals surface area (Å²) in [6.07, 6.45) is 1.81. The number of aliphatic imine (C=N–C) groups is 2. The van der Waals surface area contributed by atoms with E-state index in [1.165, 1.54) is 0 Å². The average Bonchev–Trinajstić information content (AvgIpc) is 3.19. The molecule has 2 atom stereocenters. The van der Waals surface area contributed by atoms with Crippen LogP contribution >= 0.6 is 0 Å². The molecule has 27 heavy (non-hydrogen) atoms. The van der Waals surface area contributed by atoms with Crippen LogP contribution in [-0.4, -0.2) is 23.9 Å². The van der Waals surface area contributed by atoms with Crippen LogP contribution in [-0.2, 0) is 4.74 Å². The largest absolute Gasteiger partial charge is 0.449 e. The fraction of sp³-hybridized carbons (Fsp3) is 0.0833. The summed E-state index contributed by atoms with van der Waals surface area (Å²) in [5.74, 6) is 0.658. The average molecular weight is 350 g/mol. The molecular formula is C24H18N2O. The van der Waals surface area contributed by atoms with Crippen LogP contribution in [0.5, 0.6) is 0 Å². The van der Waals surface area contributed by atoms with Gasteiger partial charge < -0.3 is 4.74 Å². The normalized spacial score (nSPS) is 20.8.